The highest BCUT2D eigenvalue weighted by molar-refractivity contribution is 5.90. The summed E-state index contributed by atoms with van der Waals surface area (Å²) < 4.78 is 33.8. The summed E-state index contributed by atoms with van der Waals surface area (Å²) >= 11 is 0. The van der Waals surface area contributed by atoms with Crippen molar-refractivity contribution in [2.75, 3.05) is 44.7 Å². The predicted molar refractivity (Wildman–Crippen MR) is 149 cm³/mol. The van der Waals surface area contributed by atoms with Crippen LogP contribution in [0.15, 0.2) is 65.1 Å². The van der Waals surface area contributed by atoms with E-state index in [1.165, 1.54) is 24.7 Å². The van der Waals surface area contributed by atoms with Crippen molar-refractivity contribution in [1.29, 1.82) is 0 Å². The van der Waals surface area contributed by atoms with Gasteiger partial charge in [-0.3, -0.25) is 4.79 Å². The highest BCUT2D eigenvalue weighted by Gasteiger charge is 2.41. The van der Waals surface area contributed by atoms with Crippen LogP contribution in [0.25, 0.3) is 10.9 Å². The molecular weight excluding hydrogens is 534 g/mol. The minimum Gasteiger partial charge on any atom is -0.493 e. The van der Waals surface area contributed by atoms with Crippen molar-refractivity contribution in [2.24, 2.45) is 22.0 Å². The molecule has 4 N–H and O–H groups in total. The molecule has 41 heavy (non-hydrogen) atoms. The molecule has 0 bridgehead atoms. The van der Waals surface area contributed by atoms with Crippen LogP contribution in [0.3, 0.4) is 0 Å². The van der Waals surface area contributed by atoms with Gasteiger partial charge in [0.1, 0.15) is 17.9 Å². The van der Waals surface area contributed by atoms with Crippen molar-refractivity contribution in [1.82, 2.24) is 19.5 Å². The number of piperidine rings is 1. The zero-order valence-electron chi connectivity index (χ0n) is 22.5. The fourth-order valence-corrected chi connectivity index (χ4v) is 5.26. The molecule has 0 aliphatic carbocycles. The SMILES string of the molecule is NC(=O)C[N+]1(c2cccc(F)c2F)C=C(Nc2ncnc3cc(OCCCN4CCC(CCO)CC4)ccc23)N=N1. The number of aliphatic hydroxyl groups excluding tert-OH is 1. The van der Waals surface area contributed by atoms with E-state index in [0.717, 1.165) is 51.4 Å². The van der Waals surface area contributed by atoms with Crippen molar-refractivity contribution < 1.29 is 23.4 Å². The van der Waals surface area contributed by atoms with Crippen LogP contribution >= 0.6 is 0 Å². The number of carbonyl (C=O) groups is 1. The van der Waals surface area contributed by atoms with Gasteiger partial charge in [-0.05, 0) is 62.9 Å². The average molecular weight is 568 g/mol. The van der Waals surface area contributed by atoms with E-state index in [-0.39, 0.29) is 18.1 Å². The molecule has 1 aromatic heterocycles. The zero-order chi connectivity index (χ0) is 28.8. The Morgan fingerprint density at radius 2 is 2.02 bits per heavy atom. The number of rotatable bonds is 12. The van der Waals surface area contributed by atoms with Crippen molar-refractivity contribution in [3.63, 3.8) is 0 Å². The maximum atomic E-state index is 14.7. The number of nitrogens with two attached hydrogens (primary N) is 1. The second-order valence-electron chi connectivity index (χ2n) is 10.3. The lowest BCUT2D eigenvalue weighted by Crippen LogP contribution is -2.44. The molecule has 2 aliphatic rings. The number of anilines is 1. The highest BCUT2D eigenvalue weighted by Crippen LogP contribution is 2.35. The lowest BCUT2D eigenvalue weighted by Gasteiger charge is -2.31. The summed E-state index contributed by atoms with van der Waals surface area (Å²) in [6.07, 6.45) is 6.82. The maximum Gasteiger partial charge on any atom is 0.276 e. The van der Waals surface area contributed by atoms with Gasteiger partial charge in [0.05, 0.1) is 12.1 Å². The molecule has 1 unspecified atom stereocenters. The Hall–Kier alpha value is -4.07. The van der Waals surface area contributed by atoms with Crippen LogP contribution in [0.4, 0.5) is 20.3 Å². The third-order valence-electron chi connectivity index (χ3n) is 7.38. The van der Waals surface area contributed by atoms with Gasteiger partial charge in [0.15, 0.2) is 18.6 Å². The number of hydrogen-bond acceptors (Lipinski definition) is 9. The van der Waals surface area contributed by atoms with Crippen LogP contribution < -0.4 is 20.4 Å². The molecule has 1 amide bonds. The fraction of sp³-hybridized carbons (Fsp3) is 0.393. The van der Waals surface area contributed by atoms with Crippen LogP contribution in [0.1, 0.15) is 25.7 Å². The number of amides is 1. The first-order valence-electron chi connectivity index (χ1n) is 13.6. The molecule has 1 fully saturated rings. The van der Waals surface area contributed by atoms with Crippen molar-refractivity contribution >= 4 is 28.3 Å². The molecule has 3 heterocycles. The van der Waals surface area contributed by atoms with Gasteiger partial charge in [-0.15, -0.1) is 4.59 Å². The standard InChI is InChI=1S/C28H32F2N8O3/c29-22-3-1-4-24(27(22)30)38(16-25(31)40)17-26(35-36-38)34-28-21-6-5-20(15-23(21)32-18-33-28)41-14-2-10-37-11-7-19(8-12-37)9-13-39/h1,3-6,15,17-19,39H,2,7-14,16H2,(H2-,31,32,33,34,40)/p+1. The summed E-state index contributed by atoms with van der Waals surface area (Å²) in [7, 11) is 0. The number of quaternary nitrogens is 1. The summed E-state index contributed by atoms with van der Waals surface area (Å²) in [6.45, 7) is 3.47. The number of ether oxygens (including phenoxy) is 1. The zero-order valence-corrected chi connectivity index (χ0v) is 22.5. The Bertz CT molecular complexity index is 1460. The average Bonchev–Trinajstić information content (AvgIpc) is 3.36. The number of primary amides is 1. The number of aliphatic hydroxyl groups is 1. The molecule has 2 aromatic carbocycles. The quantitative estimate of drug-likeness (QED) is 0.223. The summed E-state index contributed by atoms with van der Waals surface area (Å²) in [5.74, 6) is -1.09. The Morgan fingerprint density at radius 3 is 2.80 bits per heavy atom. The minimum absolute atomic E-state index is 0.177. The van der Waals surface area contributed by atoms with Crippen molar-refractivity contribution in [3.05, 3.63) is 66.4 Å². The fourth-order valence-electron chi connectivity index (χ4n) is 5.26. The van der Waals surface area contributed by atoms with Crippen LogP contribution in [0.2, 0.25) is 0 Å². The van der Waals surface area contributed by atoms with Gasteiger partial charge in [-0.2, -0.15) is 4.39 Å². The van der Waals surface area contributed by atoms with E-state index < -0.39 is 28.7 Å². The van der Waals surface area contributed by atoms with Gasteiger partial charge in [-0.1, -0.05) is 11.2 Å². The van der Waals surface area contributed by atoms with Gasteiger partial charge in [0, 0.05) is 35.9 Å². The third-order valence-corrected chi connectivity index (χ3v) is 7.38. The van der Waals surface area contributed by atoms with E-state index in [9.17, 15) is 13.6 Å². The number of halogens is 2. The van der Waals surface area contributed by atoms with Crippen molar-refractivity contribution in [3.8, 4) is 5.75 Å². The lowest BCUT2D eigenvalue weighted by atomic mass is 9.94. The summed E-state index contributed by atoms with van der Waals surface area (Å²) in [5, 5.41) is 21.0. The first-order valence-corrected chi connectivity index (χ1v) is 13.6. The molecule has 2 aliphatic heterocycles. The van der Waals surface area contributed by atoms with E-state index >= 15 is 0 Å². The highest BCUT2D eigenvalue weighted by atomic mass is 19.2. The van der Waals surface area contributed by atoms with Crippen LogP contribution in [0.5, 0.6) is 5.75 Å². The van der Waals surface area contributed by atoms with Gasteiger partial charge in [0.25, 0.3) is 5.91 Å². The number of hydrogen-bond donors (Lipinski definition) is 3. The Balaban J connectivity index is 1.24. The molecule has 216 valence electrons. The van der Waals surface area contributed by atoms with E-state index in [4.69, 9.17) is 15.6 Å². The number of aromatic nitrogens is 2. The topological polar surface area (TPSA) is 138 Å². The van der Waals surface area contributed by atoms with E-state index in [1.807, 2.05) is 18.2 Å². The van der Waals surface area contributed by atoms with E-state index in [2.05, 4.69) is 30.5 Å². The maximum absolute atomic E-state index is 14.7. The lowest BCUT2D eigenvalue weighted by molar-refractivity contribution is -0.118. The third kappa shape index (κ3) is 6.64. The monoisotopic (exact) mass is 567 g/mol. The number of nitrogens with zero attached hydrogens (tertiary/aromatic N) is 6. The summed E-state index contributed by atoms with van der Waals surface area (Å²) in [4.78, 5) is 22.9. The molecular formula is C28H33F2N8O3+. The first kappa shape index (κ1) is 28.5. The molecule has 1 saturated heterocycles. The second-order valence-corrected chi connectivity index (χ2v) is 10.3. The Labute approximate surface area is 235 Å². The van der Waals surface area contributed by atoms with Gasteiger partial charge < -0.3 is 25.8 Å². The molecule has 13 heteroatoms. The largest absolute Gasteiger partial charge is 0.493 e. The Kier molecular flexibility index (Phi) is 8.76. The summed E-state index contributed by atoms with van der Waals surface area (Å²) in [5.41, 5.74) is 5.83. The predicted octanol–water partition coefficient (Wildman–Crippen LogP) is 3.86. The van der Waals surface area contributed by atoms with Gasteiger partial charge in [0.2, 0.25) is 17.3 Å². The number of likely N-dealkylation sites (tertiary alicyclic amines) is 1. The van der Waals surface area contributed by atoms with E-state index in [0.29, 0.717) is 35.0 Å². The number of carbonyl (C=O) groups excluding carboxylic acids is 1. The van der Waals surface area contributed by atoms with Crippen LogP contribution in [0, 0.1) is 17.6 Å². The van der Waals surface area contributed by atoms with Gasteiger partial charge >= 0.3 is 0 Å². The second kappa shape index (κ2) is 12.6. The summed E-state index contributed by atoms with van der Waals surface area (Å²) in [6, 6.07) is 9.10. The molecule has 3 aromatic rings. The molecule has 11 nitrogen and oxygen atoms in total. The van der Waals surface area contributed by atoms with E-state index in [1.54, 1.807) is 0 Å². The number of nitrogens with one attached hydrogen (secondary N) is 1. The molecule has 0 spiro atoms. The number of fused-ring (bicyclic) bond motifs is 1. The smallest absolute Gasteiger partial charge is 0.276 e. The van der Waals surface area contributed by atoms with Crippen molar-refractivity contribution in [2.45, 2.75) is 25.7 Å². The normalized spacial score (nSPS) is 19.4. The van der Waals surface area contributed by atoms with Crippen LogP contribution in [-0.4, -0.2) is 65.3 Å². The van der Waals surface area contributed by atoms with Gasteiger partial charge in [-0.25, -0.2) is 14.4 Å². The number of benzene rings is 2. The molecule has 1 atom stereocenters. The Morgan fingerprint density at radius 1 is 1.20 bits per heavy atom. The molecule has 5 rings (SSSR count). The molecule has 0 radical (unpaired) electrons. The first-order chi connectivity index (χ1) is 19.9. The molecule has 0 saturated carbocycles. The minimum atomic E-state index is -1.15. The van der Waals surface area contributed by atoms with Crippen LogP contribution in [-0.2, 0) is 4.79 Å².